The highest BCUT2D eigenvalue weighted by molar-refractivity contribution is 5.94. The average molecular weight is 445 g/mol. The third kappa shape index (κ3) is 5.30. The van der Waals surface area contributed by atoms with E-state index in [1.165, 1.54) is 12.1 Å². The Labute approximate surface area is 186 Å². The van der Waals surface area contributed by atoms with E-state index in [1.54, 1.807) is 0 Å². The summed E-state index contributed by atoms with van der Waals surface area (Å²) in [7, 11) is 0. The molecule has 4 rings (SSSR count). The molecule has 0 aromatic heterocycles. The second-order valence-electron chi connectivity index (χ2n) is 8.37. The average Bonchev–Trinajstić information content (AvgIpc) is 3.08. The molecule has 170 valence electrons. The predicted octanol–water partition coefficient (Wildman–Crippen LogP) is 4.64. The van der Waals surface area contributed by atoms with Gasteiger partial charge in [0.2, 0.25) is 0 Å². The maximum Gasteiger partial charge on any atom is 0.416 e. The lowest BCUT2D eigenvalue weighted by Gasteiger charge is -2.22. The van der Waals surface area contributed by atoms with Gasteiger partial charge in [0.15, 0.2) is 0 Å². The molecule has 2 aromatic carbocycles. The summed E-state index contributed by atoms with van der Waals surface area (Å²) in [5, 5.41) is 6.44. The van der Waals surface area contributed by atoms with E-state index in [-0.39, 0.29) is 5.91 Å². The topological polar surface area (TPSA) is 39.2 Å². The van der Waals surface area contributed by atoms with Gasteiger partial charge in [0.25, 0.3) is 5.91 Å². The second kappa shape index (κ2) is 9.32. The van der Waals surface area contributed by atoms with Crippen molar-refractivity contribution in [2.75, 3.05) is 37.7 Å². The Morgan fingerprint density at radius 3 is 2.28 bits per heavy atom. The number of benzene rings is 2. The molecule has 0 saturated carbocycles. The number of nitrogens with zero attached hydrogens (tertiary/aromatic N) is 4. The standard InChI is InChI=1S/C24H27F3N4O/c1-18-11-14-31(28-18)22-9-5-20(6-10-22)23(32)30-13-2-12-29(15-16-30)17-19-3-7-21(8-4-19)24(25,26)27/h3-10H,2,11-17H2,1H3. The number of hydrogen-bond donors (Lipinski definition) is 0. The highest BCUT2D eigenvalue weighted by atomic mass is 19.4. The van der Waals surface area contributed by atoms with Crippen molar-refractivity contribution < 1.29 is 18.0 Å². The Kier molecular flexibility index (Phi) is 6.50. The fraction of sp³-hybridized carbons (Fsp3) is 0.417. The molecule has 0 unspecified atom stereocenters. The van der Waals surface area contributed by atoms with Gasteiger partial charge < -0.3 is 4.90 Å². The Hall–Kier alpha value is -2.87. The number of hydrazone groups is 1. The van der Waals surface area contributed by atoms with Gasteiger partial charge in [-0.3, -0.25) is 14.7 Å². The van der Waals surface area contributed by atoms with Crippen molar-refractivity contribution in [1.29, 1.82) is 0 Å². The lowest BCUT2D eigenvalue weighted by Crippen LogP contribution is -2.35. The number of amides is 1. The van der Waals surface area contributed by atoms with Crippen molar-refractivity contribution in [2.45, 2.75) is 32.5 Å². The van der Waals surface area contributed by atoms with E-state index in [9.17, 15) is 18.0 Å². The first-order valence-corrected chi connectivity index (χ1v) is 10.9. The zero-order chi connectivity index (χ0) is 22.7. The van der Waals surface area contributed by atoms with Gasteiger partial charge in [-0.15, -0.1) is 0 Å². The van der Waals surface area contributed by atoms with E-state index >= 15 is 0 Å². The molecule has 0 spiro atoms. The minimum Gasteiger partial charge on any atom is -0.337 e. The number of halogens is 3. The number of carbonyl (C=O) groups is 1. The first-order chi connectivity index (χ1) is 15.3. The zero-order valence-corrected chi connectivity index (χ0v) is 18.1. The van der Waals surface area contributed by atoms with Crippen LogP contribution in [0.4, 0.5) is 18.9 Å². The van der Waals surface area contributed by atoms with Crippen LogP contribution >= 0.6 is 0 Å². The first-order valence-electron chi connectivity index (χ1n) is 10.9. The molecule has 1 amide bonds. The largest absolute Gasteiger partial charge is 0.416 e. The summed E-state index contributed by atoms with van der Waals surface area (Å²) < 4.78 is 38.3. The molecular formula is C24H27F3N4O. The molecule has 2 aliphatic heterocycles. The van der Waals surface area contributed by atoms with Gasteiger partial charge in [-0.05, 0) is 55.3 Å². The van der Waals surface area contributed by atoms with Crippen LogP contribution in [0.25, 0.3) is 0 Å². The molecule has 32 heavy (non-hydrogen) atoms. The van der Waals surface area contributed by atoms with Crippen molar-refractivity contribution in [1.82, 2.24) is 9.80 Å². The van der Waals surface area contributed by atoms with E-state index in [4.69, 9.17) is 0 Å². The van der Waals surface area contributed by atoms with Crippen molar-refractivity contribution >= 4 is 17.3 Å². The second-order valence-corrected chi connectivity index (χ2v) is 8.37. The SMILES string of the molecule is CC1=NN(c2ccc(C(=O)N3CCCN(Cc4ccc(C(F)(F)F)cc4)CC3)cc2)CC1. The molecule has 2 aliphatic rings. The lowest BCUT2D eigenvalue weighted by molar-refractivity contribution is -0.137. The predicted molar refractivity (Wildman–Crippen MR) is 119 cm³/mol. The monoisotopic (exact) mass is 444 g/mol. The summed E-state index contributed by atoms with van der Waals surface area (Å²) in [6, 6.07) is 12.9. The number of alkyl halides is 3. The zero-order valence-electron chi connectivity index (χ0n) is 18.1. The summed E-state index contributed by atoms with van der Waals surface area (Å²) in [5.41, 5.74) is 2.96. The van der Waals surface area contributed by atoms with E-state index in [2.05, 4.69) is 10.0 Å². The van der Waals surface area contributed by atoms with Gasteiger partial charge >= 0.3 is 6.18 Å². The smallest absolute Gasteiger partial charge is 0.337 e. The molecule has 8 heteroatoms. The number of anilines is 1. The minimum absolute atomic E-state index is 0.00836. The third-order valence-electron chi connectivity index (χ3n) is 5.95. The van der Waals surface area contributed by atoms with E-state index in [1.807, 2.05) is 41.1 Å². The van der Waals surface area contributed by atoms with Crippen molar-refractivity contribution in [3.05, 3.63) is 65.2 Å². The van der Waals surface area contributed by atoms with E-state index in [0.717, 1.165) is 55.0 Å². The molecular weight excluding hydrogens is 417 g/mol. The highest BCUT2D eigenvalue weighted by Gasteiger charge is 2.30. The van der Waals surface area contributed by atoms with Gasteiger partial charge in [0, 0.05) is 57.0 Å². The Morgan fingerprint density at radius 1 is 0.938 bits per heavy atom. The molecule has 0 N–H and O–H groups in total. The fourth-order valence-electron chi connectivity index (χ4n) is 4.11. The molecule has 0 aliphatic carbocycles. The Morgan fingerprint density at radius 2 is 1.66 bits per heavy atom. The van der Waals surface area contributed by atoms with Crippen LogP contribution < -0.4 is 5.01 Å². The molecule has 0 bridgehead atoms. The number of rotatable bonds is 4. The molecule has 1 fully saturated rings. The summed E-state index contributed by atoms with van der Waals surface area (Å²) in [5.74, 6) is 0.00836. The van der Waals surface area contributed by atoms with Gasteiger partial charge in [0.1, 0.15) is 0 Å². The van der Waals surface area contributed by atoms with Gasteiger partial charge in [-0.25, -0.2) is 0 Å². The lowest BCUT2D eigenvalue weighted by atomic mass is 10.1. The van der Waals surface area contributed by atoms with Crippen LogP contribution in [0.15, 0.2) is 53.6 Å². The summed E-state index contributed by atoms with van der Waals surface area (Å²) >= 11 is 0. The van der Waals surface area contributed by atoms with Crippen molar-refractivity contribution in [2.24, 2.45) is 5.10 Å². The van der Waals surface area contributed by atoms with Crippen LogP contribution in [-0.4, -0.2) is 54.1 Å². The first kappa shape index (κ1) is 22.3. The molecule has 5 nitrogen and oxygen atoms in total. The molecule has 2 heterocycles. The summed E-state index contributed by atoms with van der Waals surface area (Å²) in [6.07, 6.45) is -2.54. The van der Waals surface area contributed by atoms with Crippen molar-refractivity contribution in [3.63, 3.8) is 0 Å². The maximum absolute atomic E-state index is 13.0. The van der Waals surface area contributed by atoms with E-state index < -0.39 is 11.7 Å². The van der Waals surface area contributed by atoms with Crippen LogP contribution in [0.5, 0.6) is 0 Å². The summed E-state index contributed by atoms with van der Waals surface area (Å²) in [6.45, 7) is 6.20. The quantitative estimate of drug-likeness (QED) is 0.690. The molecule has 1 saturated heterocycles. The minimum atomic E-state index is -4.32. The highest BCUT2D eigenvalue weighted by Crippen LogP contribution is 2.29. The number of hydrogen-bond acceptors (Lipinski definition) is 4. The van der Waals surface area contributed by atoms with Gasteiger partial charge in [-0.1, -0.05) is 12.1 Å². The van der Waals surface area contributed by atoms with Crippen molar-refractivity contribution in [3.8, 4) is 0 Å². The van der Waals surface area contributed by atoms with Crippen LogP contribution in [0.2, 0.25) is 0 Å². The maximum atomic E-state index is 13.0. The van der Waals surface area contributed by atoms with E-state index in [0.29, 0.717) is 31.7 Å². The number of carbonyl (C=O) groups excluding carboxylic acids is 1. The third-order valence-corrected chi connectivity index (χ3v) is 5.95. The van der Waals surface area contributed by atoms with Crippen LogP contribution in [0.1, 0.15) is 41.3 Å². The van der Waals surface area contributed by atoms with Crippen LogP contribution in [0, 0.1) is 0 Å². The molecule has 0 radical (unpaired) electrons. The van der Waals surface area contributed by atoms with Crippen LogP contribution in [0.3, 0.4) is 0 Å². The molecule has 2 aromatic rings. The Bertz CT molecular complexity index is 970. The Balaban J connectivity index is 1.33. The normalized spacial score (nSPS) is 17.9. The molecule has 0 atom stereocenters. The van der Waals surface area contributed by atoms with Crippen LogP contribution in [-0.2, 0) is 12.7 Å². The fourth-order valence-corrected chi connectivity index (χ4v) is 4.11. The van der Waals surface area contributed by atoms with Gasteiger partial charge in [-0.2, -0.15) is 18.3 Å². The summed E-state index contributed by atoms with van der Waals surface area (Å²) in [4.78, 5) is 17.0. The van der Waals surface area contributed by atoms with Gasteiger partial charge in [0.05, 0.1) is 11.3 Å².